The average molecular weight is 476 g/mol. The van der Waals surface area contributed by atoms with E-state index in [9.17, 15) is 27.2 Å². The monoisotopic (exact) mass is 476 g/mol. The molecule has 1 aromatic carbocycles. The van der Waals surface area contributed by atoms with Crippen molar-refractivity contribution in [1.29, 1.82) is 0 Å². The van der Waals surface area contributed by atoms with Crippen molar-refractivity contribution >= 4 is 34.3 Å². The van der Waals surface area contributed by atoms with Gasteiger partial charge in [0.15, 0.2) is 11.6 Å². The molecular weight excluding hydrogens is 456 g/mol. The molecule has 1 amide bonds. The minimum atomic E-state index is -2.84. The van der Waals surface area contributed by atoms with E-state index in [4.69, 9.17) is 0 Å². The molecule has 3 heterocycles. The summed E-state index contributed by atoms with van der Waals surface area (Å²) in [7, 11) is 1.19. The molecule has 0 unspecified atom stereocenters. The summed E-state index contributed by atoms with van der Waals surface area (Å²) >= 11 is 0. The smallest absolute Gasteiger partial charge is 0.356 e. The molecule has 7 nitrogen and oxygen atoms in total. The molecule has 1 N–H and O–H groups in total. The lowest BCUT2D eigenvalue weighted by atomic mass is 10.1. The highest BCUT2D eigenvalue weighted by atomic mass is 19.3. The number of halogens is 4. The SMILES string of the molecule is COC(=O)c1cc(NC(=O)c2cc3cc(F)c(F)cc3nc2N2CCCC(F)(F)CC2)ccn1. The zero-order valence-electron chi connectivity index (χ0n) is 18.1. The topological polar surface area (TPSA) is 84.4 Å². The summed E-state index contributed by atoms with van der Waals surface area (Å²) < 4.78 is 60.1. The van der Waals surface area contributed by atoms with Crippen molar-refractivity contribution in [2.45, 2.75) is 25.2 Å². The molecule has 0 aliphatic carbocycles. The van der Waals surface area contributed by atoms with Gasteiger partial charge >= 0.3 is 5.97 Å². The van der Waals surface area contributed by atoms with E-state index in [1.807, 2.05) is 0 Å². The molecule has 178 valence electrons. The predicted octanol–water partition coefficient (Wildman–Crippen LogP) is 4.57. The van der Waals surface area contributed by atoms with Crippen LogP contribution in [0.15, 0.2) is 36.5 Å². The van der Waals surface area contributed by atoms with Gasteiger partial charge in [-0.15, -0.1) is 0 Å². The van der Waals surface area contributed by atoms with Crippen LogP contribution in [-0.4, -0.2) is 48.0 Å². The van der Waals surface area contributed by atoms with Crippen LogP contribution in [0.3, 0.4) is 0 Å². The van der Waals surface area contributed by atoms with E-state index in [1.54, 1.807) is 4.90 Å². The molecule has 34 heavy (non-hydrogen) atoms. The maximum Gasteiger partial charge on any atom is 0.356 e. The van der Waals surface area contributed by atoms with Gasteiger partial charge in [-0.3, -0.25) is 4.79 Å². The Balaban J connectivity index is 1.75. The molecule has 0 saturated carbocycles. The molecule has 1 aliphatic heterocycles. The number of hydrogen-bond acceptors (Lipinski definition) is 6. The zero-order chi connectivity index (χ0) is 24.5. The third-order valence-corrected chi connectivity index (χ3v) is 5.51. The predicted molar refractivity (Wildman–Crippen MR) is 116 cm³/mol. The molecule has 2 aromatic heterocycles. The molecule has 0 radical (unpaired) electrons. The molecule has 1 aliphatic rings. The van der Waals surface area contributed by atoms with E-state index in [0.717, 1.165) is 12.1 Å². The van der Waals surface area contributed by atoms with Gasteiger partial charge in [-0.25, -0.2) is 32.3 Å². The number of nitrogens with one attached hydrogen (secondary N) is 1. The summed E-state index contributed by atoms with van der Waals surface area (Å²) in [6.07, 6.45) is 0.735. The van der Waals surface area contributed by atoms with Crippen molar-refractivity contribution in [2.75, 3.05) is 30.4 Å². The van der Waals surface area contributed by atoms with Gasteiger partial charge in [0.2, 0.25) is 5.92 Å². The number of nitrogens with zero attached hydrogens (tertiary/aromatic N) is 3. The van der Waals surface area contributed by atoms with Crippen LogP contribution < -0.4 is 10.2 Å². The van der Waals surface area contributed by atoms with Gasteiger partial charge in [-0.2, -0.15) is 0 Å². The number of amides is 1. The number of anilines is 2. The van der Waals surface area contributed by atoms with Crippen LogP contribution in [0.1, 0.15) is 40.1 Å². The number of alkyl halides is 2. The summed E-state index contributed by atoms with van der Waals surface area (Å²) in [4.78, 5) is 34.7. The normalized spacial score (nSPS) is 15.6. The number of carbonyl (C=O) groups is 2. The van der Waals surface area contributed by atoms with E-state index >= 15 is 0 Å². The van der Waals surface area contributed by atoms with Crippen LogP contribution in [0.4, 0.5) is 29.1 Å². The number of aromatic nitrogens is 2. The van der Waals surface area contributed by atoms with E-state index in [-0.39, 0.29) is 59.6 Å². The summed E-state index contributed by atoms with van der Waals surface area (Å²) in [5, 5.41) is 2.78. The van der Waals surface area contributed by atoms with Crippen molar-refractivity contribution in [3.8, 4) is 0 Å². The lowest BCUT2D eigenvalue weighted by molar-refractivity contribution is -0.0102. The largest absolute Gasteiger partial charge is 0.464 e. The quantitative estimate of drug-likeness (QED) is 0.439. The third kappa shape index (κ3) is 4.92. The van der Waals surface area contributed by atoms with Gasteiger partial charge in [-0.1, -0.05) is 0 Å². The fourth-order valence-corrected chi connectivity index (χ4v) is 3.77. The molecule has 0 spiro atoms. The van der Waals surface area contributed by atoms with E-state index in [0.29, 0.717) is 0 Å². The second-order valence-corrected chi connectivity index (χ2v) is 7.89. The van der Waals surface area contributed by atoms with Crippen molar-refractivity contribution < 1.29 is 31.9 Å². The first-order chi connectivity index (χ1) is 16.2. The first-order valence-electron chi connectivity index (χ1n) is 10.5. The van der Waals surface area contributed by atoms with Crippen molar-refractivity contribution in [3.63, 3.8) is 0 Å². The Labute approximate surface area is 191 Å². The summed E-state index contributed by atoms with van der Waals surface area (Å²) in [6.45, 7) is 0.136. The molecule has 4 rings (SSSR count). The summed E-state index contributed by atoms with van der Waals surface area (Å²) in [6, 6.07) is 5.89. The van der Waals surface area contributed by atoms with Crippen LogP contribution >= 0.6 is 0 Å². The summed E-state index contributed by atoms with van der Waals surface area (Å²) in [5.41, 5.74) is 0.252. The van der Waals surface area contributed by atoms with Crippen LogP contribution in [0.25, 0.3) is 10.9 Å². The maximum atomic E-state index is 13.9. The Morgan fingerprint density at radius 2 is 1.85 bits per heavy atom. The van der Waals surface area contributed by atoms with Crippen molar-refractivity contribution in [2.24, 2.45) is 0 Å². The number of ether oxygens (including phenoxy) is 1. The molecule has 1 saturated heterocycles. The number of hydrogen-bond donors (Lipinski definition) is 1. The number of fused-ring (bicyclic) bond motifs is 1. The first-order valence-corrected chi connectivity index (χ1v) is 10.5. The van der Waals surface area contributed by atoms with Gasteiger partial charge in [0.25, 0.3) is 5.91 Å². The standard InChI is InChI=1S/C23H20F4N4O3/c1-34-22(33)19-11-14(3-6-28-19)29-21(32)15-9-13-10-16(24)17(25)12-18(13)30-20(15)31-7-2-4-23(26,27)5-8-31/h3,6,9-12H,2,4-5,7-8H2,1H3,(H,28,29,32). The Kier molecular flexibility index (Phi) is 6.36. The number of pyridine rings is 2. The van der Waals surface area contributed by atoms with E-state index in [1.165, 1.54) is 31.5 Å². The Hall–Kier alpha value is -3.76. The second kappa shape index (κ2) is 9.24. The van der Waals surface area contributed by atoms with Gasteiger partial charge in [0.05, 0.1) is 18.2 Å². The van der Waals surface area contributed by atoms with Crippen LogP contribution in [0, 0.1) is 11.6 Å². The van der Waals surface area contributed by atoms with E-state index in [2.05, 4.69) is 20.0 Å². The van der Waals surface area contributed by atoms with Crippen LogP contribution in [0.5, 0.6) is 0 Å². The molecule has 1 fully saturated rings. The highest BCUT2D eigenvalue weighted by molar-refractivity contribution is 6.09. The number of benzene rings is 1. The number of rotatable bonds is 4. The summed E-state index contributed by atoms with van der Waals surface area (Å²) in [5.74, 6) is -6.36. The van der Waals surface area contributed by atoms with Crippen LogP contribution in [-0.2, 0) is 4.74 Å². The minimum absolute atomic E-state index is 0.0137. The molecular formula is C23H20F4N4O3. The Morgan fingerprint density at radius 3 is 2.62 bits per heavy atom. The van der Waals surface area contributed by atoms with Gasteiger partial charge in [-0.05, 0) is 30.7 Å². The molecule has 3 aromatic rings. The zero-order valence-corrected chi connectivity index (χ0v) is 18.1. The van der Waals surface area contributed by atoms with Gasteiger partial charge < -0.3 is 15.0 Å². The molecule has 0 atom stereocenters. The minimum Gasteiger partial charge on any atom is -0.464 e. The van der Waals surface area contributed by atoms with Crippen molar-refractivity contribution in [1.82, 2.24) is 9.97 Å². The van der Waals surface area contributed by atoms with Crippen LogP contribution in [0.2, 0.25) is 0 Å². The van der Waals surface area contributed by atoms with Gasteiger partial charge in [0.1, 0.15) is 11.5 Å². The Morgan fingerprint density at radius 1 is 1.09 bits per heavy atom. The fraction of sp³-hybridized carbons (Fsp3) is 0.304. The fourth-order valence-electron chi connectivity index (χ4n) is 3.77. The van der Waals surface area contributed by atoms with E-state index < -0.39 is 35.9 Å². The highest BCUT2D eigenvalue weighted by Crippen LogP contribution is 2.32. The first kappa shape index (κ1) is 23.4. The third-order valence-electron chi connectivity index (χ3n) is 5.51. The Bertz CT molecular complexity index is 1270. The highest BCUT2D eigenvalue weighted by Gasteiger charge is 2.33. The lowest BCUT2D eigenvalue weighted by Crippen LogP contribution is -2.29. The second-order valence-electron chi connectivity index (χ2n) is 7.89. The van der Waals surface area contributed by atoms with Crippen molar-refractivity contribution in [3.05, 3.63) is 59.4 Å². The van der Waals surface area contributed by atoms with Gasteiger partial charge in [0, 0.05) is 49.3 Å². The molecule has 11 heteroatoms. The number of esters is 1. The number of carbonyl (C=O) groups excluding carboxylic acids is 2. The number of methoxy groups -OCH3 is 1. The maximum absolute atomic E-state index is 13.9. The average Bonchev–Trinajstić information content (AvgIpc) is 2.99. The molecule has 0 bridgehead atoms. The lowest BCUT2D eigenvalue weighted by Gasteiger charge is -2.24.